The van der Waals surface area contributed by atoms with Gasteiger partial charge in [0, 0.05) is 45.0 Å². The standard InChI is InChI=1S/C26H23F3N6O3.C3H8N2/c1-15(26(27,28)29)32-23(36)14-34-20-5-4-6-22(38-3)24(20)35(25(34)37)17-9-7-16(8-10-17)18-11-30-13-21-19(18)12-31-33(21)2;1-4-5(2)3/h4-13,15H,14H2,1-3H3,(H,32,36);1H2,2-3H3. The van der Waals surface area contributed by atoms with Crippen molar-refractivity contribution in [3.05, 3.63) is 71.5 Å². The van der Waals surface area contributed by atoms with E-state index >= 15 is 0 Å². The van der Waals surface area contributed by atoms with Crippen molar-refractivity contribution in [1.82, 2.24) is 34.2 Å². The van der Waals surface area contributed by atoms with E-state index < -0.39 is 30.4 Å². The largest absolute Gasteiger partial charge is 0.494 e. The summed E-state index contributed by atoms with van der Waals surface area (Å²) >= 11 is 0. The Bertz CT molecular complexity index is 1820. The van der Waals surface area contributed by atoms with Gasteiger partial charge in [0.1, 0.15) is 23.9 Å². The second-order valence-electron chi connectivity index (χ2n) is 9.79. The minimum Gasteiger partial charge on any atom is -0.494 e. The number of imidazole rings is 1. The van der Waals surface area contributed by atoms with Crippen LogP contribution in [0, 0.1) is 0 Å². The van der Waals surface area contributed by atoms with Crippen LogP contribution in [0.15, 0.2) is 71.0 Å². The zero-order valence-electron chi connectivity index (χ0n) is 24.3. The summed E-state index contributed by atoms with van der Waals surface area (Å²) in [7, 11) is 6.93. The van der Waals surface area contributed by atoms with Gasteiger partial charge < -0.3 is 15.1 Å². The average Bonchev–Trinajstić information content (AvgIpc) is 3.49. The molecule has 0 aliphatic carbocycles. The number of carbonyl (C=O) groups is 1. The van der Waals surface area contributed by atoms with E-state index in [2.05, 4.69) is 21.9 Å². The number of nitrogens with zero attached hydrogens (tertiary/aromatic N) is 7. The number of aryl methyl sites for hydroxylation is 1. The number of ether oxygens (including phenoxy) is 1. The van der Waals surface area contributed by atoms with Crippen LogP contribution in [0.3, 0.4) is 0 Å². The highest BCUT2D eigenvalue weighted by atomic mass is 19.4. The highest BCUT2D eigenvalue weighted by Gasteiger charge is 2.37. The van der Waals surface area contributed by atoms with E-state index in [0.29, 0.717) is 22.5 Å². The zero-order valence-corrected chi connectivity index (χ0v) is 24.3. The van der Waals surface area contributed by atoms with Crippen LogP contribution in [0.2, 0.25) is 0 Å². The van der Waals surface area contributed by atoms with Gasteiger partial charge in [-0.2, -0.15) is 23.4 Å². The van der Waals surface area contributed by atoms with Crippen molar-refractivity contribution < 1.29 is 22.7 Å². The Balaban J connectivity index is 0.000000782. The summed E-state index contributed by atoms with van der Waals surface area (Å²) in [6, 6.07) is 10.0. The van der Waals surface area contributed by atoms with E-state index in [-0.39, 0.29) is 0 Å². The van der Waals surface area contributed by atoms with Crippen LogP contribution in [0.4, 0.5) is 13.2 Å². The molecule has 14 heteroatoms. The van der Waals surface area contributed by atoms with Crippen molar-refractivity contribution in [3.8, 4) is 22.6 Å². The summed E-state index contributed by atoms with van der Waals surface area (Å²) in [4.78, 5) is 30.3. The van der Waals surface area contributed by atoms with Crippen LogP contribution in [0.5, 0.6) is 5.75 Å². The third-order valence-electron chi connectivity index (χ3n) is 6.70. The first-order chi connectivity index (χ1) is 20.4. The fraction of sp³-hybridized carbons (Fsp3) is 0.276. The topological polar surface area (TPSA) is 112 Å². The zero-order chi connectivity index (χ0) is 31.5. The van der Waals surface area contributed by atoms with Crippen LogP contribution in [-0.2, 0) is 18.4 Å². The molecular formula is C29H31F3N8O3. The summed E-state index contributed by atoms with van der Waals surface area (Å²) < 4.78 is 48.5. The summed E-state index contributed by atoms with van der Waals surface area (Å²) in [5.41, 5.74) is 3.21. The molecule has 0 aliphatic heterocycles. The Kier molecular flexibility index (Phi) is 8.88. The number of amides is 1. The number of halogens is 3. The van der Waals surface area contributed by atoms with E-state index in [1.165, 1.54) is 11.7 Å². The molecular weight excluding hydrogens is 565 g/mol. The molecule has 0 radical (unpaired) electrons. The molecule has 1 amide bonds. The second-order valence-corrected chi connectivity index (χ2v) is 9.79. The normalized spacial score (nSPS) is 12.0. The number of carbonyl (C=O) groups excluding carboxylic acids is 1. The van der Waals surface area contributed by atoms with Crippen LogP contribution >= 0.6 is 0 Å². The van der Waals surface area contributed by atoms with Crippen molar-refractivity contribution in [2.24, 2.45) is 12.1 Å². The first-order valence-corrected chi connectivity index (χ1v) is 13.0. The molecule has 5 rings (SSSR count). The maximum Gasteiger partial charge on any atom is 0.408 e. The molecule has 1 unspecified atom stereocenters. The predicted molar refractivity (Wildman–Crippen MR) is 158 cm³/mol. The van der Waals surface area contributed by atoms with Gasteiger partial charge in [-0.25, -0.2) is 4.79 Å². The minimum atomic E-state index is -4.60. The molecule has 0 fully saturated rings. The number of para-hydroxylation sites is 1. The van der Waals surface area contributed by atoms with Gasteiger partial charge in [-0.15, -0.1) is 0 Å². The van der Waals surface area contributed by atoms with Crippen LogP contribution in [0.25, 0.3) is 38.8 Å². The number of hydrogen-bond acceptors (Lipinski definition) is 7. The van der Waals surface area contributed by atoms with Crippen molar-refractivity contribution in [1.29, 1.82) is 0 Å². The van der Waals surface area contributed by atoms with Gasteiger partial charge in [-0.1, -0.05) is 18.2 Å². The molecule has 43 heavy (non-hydrogen) atoms. The maximum atomic E-state index is 13.6. The number of aromatic nitrogens is 5. The van der Waals surface area contributed by atoms with E-state index in [1.807, 2.05) is 38.6 Å². The first kappa shape index (κ1) is 30.8. The molecule has 1 N–H and O–H groups in total. The molecule has 5 aromatic rings. The van der Waals surface area contributed by atoms with Crippen LogP contribution in [0.1, 0.15) is 6.92 Å². The van der Waals surface area contributed by atoms with Gasteiger partial charge in [-0.05, 0) is 36.8 Å². The molecule has 0 bridgehead atoms. The van der Waals surface area contributed by atoms with Gasteiger partial charge in [0.25, 0.3) is 0 Å². The number of benzene rings is 2. The van der Waals surface area contributed by atoms with E-state index in [1.54, 1.807) is 58.6 Å². The van der Waals surface area contributed by atoms with Gasteiger partial charge in [0.2, 0.25) is 5.91 Å². The van der Waals surface area contributed by atoms with Crippen molar-refractivity contribution in [3.63, 3.8) is 0 Å². The number of methoxy groups -OCH3 is 1. The fourth-order valence-electron chi connectivity index (χ4n) is 4.42. The summed E-state index contributed by atoms with van der Waals surface area (Å²) in [5, 5.41) is 12.2. The lowest BCUT2D eigenvalue weighted by Gasteiger charge is -2.17. The Morgan fingerprint density at radius 2 is 1.79 bits per heavy atom. The third kappa shape index (κ3) is 6.37. The number of pyridine rings is 1. The van der Waals surface area contributed by atoms with E-state index in [0.717, 1.165) is 33.5 Å². The highest BCUT2D eigenvalue weighted by Crippen LogP contribution is 2.30. The molecule has 3 heterocycles. The number of hydrogen-bond donors (Lipinski definition) is 1. The van der Waals surface area contributed by atoms with Gasteiger partial charge in [-0.3, -0.25) is 23.6 Å². The van der Waals surface area contributed by atoms with Crippen molar-refractivity contribution >= 4 is 34.6 Å². The number of hydrazone groups is 1. The molecule has 0 saturated heterocycles. The molecule has 0 aliphatic rings. The highest BCUT2D eigenvalue weighted by molar-refractivity contribution is 5.94. The van der Waals surface area contributed by atoms with Gasteiger partial charge in [0.05, 0.1) is 36.2 Å². The summed E-state index contributed by atoms with van der Waals surface area (Å²) in [5.74, 6) is -0.568. The van der Waals surface area contributed by atoms with Crippen molar-refractivity contribution in [2.75, 3.05) is 21.2 Å². The first-order valence-electron chi connectivity index (χ1n) is 13.0. The molecule has 11 nitrogen and oxygen atoms in total. The number of nitrogens with one attached hydrogen (secondary N) is 1. The van der Waals surface area contributed by atoms with Gasteiger partial charge in [0.15, 0.2) is 0 Å². The lowest BCUT2D eigenvalue weighted by Crippen LogP contribution is -2.45. The predicted octanol–water partition coefficient (Wildman–Crippen LogP) is 3.98. The minimum absolute atomic E-state index is 0.345. The Morgan fingerprint density at radius 3 is 2.40 bits per heavy atom. The number of fused-ring (bicyclic) bond motifs is 2. The summed E-state index contributed by atoms with van der Waals surface area (Å²) in [6.07, 6.45) is 0.621. The molecule has 0 saturated carbocycles. The fourth-order valence-corrected chi connectivity index (χ4v) is 4.42. The molecule has 3 aromatic heterocycles. The maximum absolute atomic E-state index is 13.6. The lowest BCUT2D eigenvalue weighted by molar-refractivity contribution is -0.158. The Labute approximate surface area is 244 Å². The average molecular weight is 597 g/mol. The third-order valence-corrected chi connectivity index (χ3v) is 6.70. The van der Waals surface area contributed by atoms with E-state index in [9.17, 15) is 22.8 Å². The Morgan fingerprint density at radius 1 is 1.12 bits per heavy atom. The quantitative estimate of drug-likeness (QED) is 0.225. The van der Waals surface area contributed by atoms with Gasteiger partial charge >= 0.3 is 11.9 Å². The SMILES string of the molecule is C=NN(C)C.COc1cccc2c1n(-c1ccc(-c3cncc4c3cnn4C)cc1)c(=O)n2CC(=O)NC(C)C(F)(F)F. The van der Waals surface area contributed by atoms with Crippen molar-refractivity contribution in [2.45, 2.75) is 25.7 Å². The summed E-state index contributed by atoms with van der Waals surface area (Å²) in [6.45, 7) is 3.48. The van der Waals surface area contributed by atoms with Crippen LogP contribution in [-0.4, -0.2) is 75.0 Å². The number of rotatable bonds is 7. The monoisotopic (exact) mass is 596 g/mol. The van der Waals surface area contributed by atoms with Crippen LogP contribution < -0.4 is 15.7 Å². The smallest absolute Gasteiger partial charge is 0.408 e. The number of alkyl halides is 3. The second kappa shape index (κ2) is 12.4. The molecule has 0 spiro atoms. The Hall–Kier alpha value is -5.14. The molecule has 226 valence electrons. The van der Waals surface area contributed by atoms with E-state index in [4.69, 9.17) is 4.74 Å². The lowest BCUT2D eigenvalue weighted by atomic mass is 10.0. The molecule has 1 atom stereocenters. The molecule has 2 aromatic carbocycles.